The number of hydrogen-bond donors (Lipinski definition) is 0. The van der Waals surface area contributed by atoms with E-state index in [1.807, 2.05) is 53.4 Å². The van der Waals surface area contributed by atoms with Gasteiger partial charge in [-0.1, -0.05) is 59.1 Å². The van der Waals surface area contributed by atoms with Crippen LogP contribution in [0.4, 0.5) is 0 Å². The fourth-order valence-corrected chi connectivity index (χ4v) is 4.23. The Balaban J connectivity index is 1.27. The van der Waals surface area contributed by atoms with Crippen LogP contribution in [-0.2, 0) is 13.2 Å². The molecule has 0 atom stereocenters. The predicted molar refractivity (Wildman–Crippen MR) is 130 cm³/mol. The van der Waals surface area contributed by atoms with E-state index in [1.54, 1.807) is 18.2 Å². The Bertz CT molecular complexity index is 1060. The van der Waals surface area contributed by atoms with Crippen molar-refractivity contribution < 1.29 is 9.53 Å². The molecule has 0 radical (unpaired) electrons. The van der Waals surface area contributed by atoms with Gasteiger partial charge in [-0.3, -0.25) is 9.69 Å². The molecule has 0 aliphatic carbocycles. The molecule has 0 saturated carbocycles. The van der Waals surface area contributed by atoms with Gasteiger partial charge in [0, 0.05) is 48.3 Å². The van der Waals surface area contributed by atoms with Gasteiger partial charge in [0.25, 0.3) is 5.91 Å². The molecule has 166 valence electrons. The molecule has 1 heterocycles. The molecule has 4 rings (SSSR count). The lowest BCUT2D eigenvalue weighted by atomic mass is 10.1. The van der Waals surface area contributed by atoms with E-state index in [4.69, 9.17) is 39.5 Å². The number of amides is 1. The fourth-order valence-electron chi connectivity index (χ4n) is 3.64. The average molecular weight is 490 g/mol. The first-order valence-electron chi connectivity index (χ1n) is 10.4. The fraction of sp³-hybridized carbons (Fsp3) is 0.240. The Morgan fingerprint density at radius 2 is 1.41 bits per heavy atom. The van der Waals surface area contributed by atoms with Gasteiger partial charge in [0.1, 0.15) is 12.4 Å². The van der Waals surface area contributed by atoms with Gasteiger partial charge in [-0.15, -0.1) is 0 Å². The first-order chi connectivity index (χ1) is 15.5. The van der Waals surface area contributed by atoms with E-state index >= 15 is 0 Å². The molecule has 3 aromatic rings. The van der Waals surface area contributed by atoms with Crippen molar-refractivity contribution in [3.05, 3.63) is 98.5 Å². The molecule has 1 amide bonds. The van der Waals surface area contributed by atoms with Crippen molar-refractivity contribution in [3.8, 4) is 5.75 Å². The normalized spacial score (nSPS) is 14.4. The molecule has 0 N–H and O–H groups in total. The van der Waals surface area contributed by atoms with Gasteiger partial charge < -0.3 is 9.64 Å². The van der Waals surface area contributed by atoms with Crippen molar-refractivity contribution >= 4 is 40.7 Å². The maximum Gasteiger partial charge on any atom is 0.253 e. The molecule has 0 bridgehead atoms. The lowest BCUT2D eigenvalue weighted by Gasteiger charge is -2.34. The van der Waals surface area contributed by atoms with E-state index in [-0.39, 0.29) is 5.91 Å². The van der Waals surface area contributed by atoms with Crippen molar-refractivity contribution in [2.45, 2.75) is 13.2 Å². The molecular formula is C25H23Cl3N2O2. The lowest BCUT2D eigenvalue weighted by Crippen LogP contribution is -2.48. The van der Waals surface area contributed by atoms with Crippen LogP contribution in [0.3, 0.4) is 0 Å². The van der Waals surface area contributed by atoms with Crippen molar-refractivity contribution in [2.24, 2.45) is 0 Å². The highest BCUT2D eigenvalue weighted by Gasteiger charge is 2.22. The molecule has 1 fully saturated rings. The summed E-state index contributed by atoms with van der Waals surface area (Å²) in [6.07, 6.45) is 0. The minimum Gasteiger partial charge on any atom is -0.487 e. The number of nitrogens with zero attached hydrogens (tertiary/aromatic N) is 2. The monoisotopic (exact) mass is 488 g/mol. The number of rotatable bonds is 6. The number of carbonyl (C=O) groups is 1. The lowest BCUT2D eigenvalue weighted by molar-refractivity contribution is 0.0628. The zero-order valence-corrected chi connectivity index (χ0v) is 19.7. The van der Waals surface area contributed by atoms with Crippen LogP contribution in [0.1, 0.15) is 21.5 Å². The van der Waals surface area contributed by atoms with E-state index in [0.29, 0.717) is 41.1 Å². The summed E-state index contributed by atoms with van der Waals surface area (Å²) in [5.74, 6) is 0.636. The van der Waals surface area contributed by atoms with E-state index in [9.17, 15) is 4.79 Å². The molecular weight excluding hydrogens is 467 g/mol. The molecule has 7 heteroatoms. The molecule has 1 aliphatic rings. The largest absolute Gasteiger partial charge is 0.487 e. The summed E-state index contributed by atoms with van der Waals surface area (Å²) in [7, 11) is 0. The Kier molecular flexibility index (Phi) is 7.59. The third-order valence-electron chi connectivity index (χ3n) is 5.47. The van der Waals surface area contributed by atoms with Crippen LogP contribution in [0, 0.1) is 0 Å². The van der Waals surface area contributed by atoms with Crippen molar-refractivity contribution in [1.29, 1.82) is 0 Å². The first-order valence-corrected chi connectivity index (χ1v) is 11.5. The van der Waals surface area contributed by atoms with Crippen molar-refractivity contribution in [2.75, 3.05) is 26.2 Å². The highest BCUT2D eigenvalue weighted by molar-refractivity contribution is 6.35. The second-order valence-electron chi connectivity index (χ2n) is 7.76. The van der Waals surface area contributed by atoms with Gasteiger partial charge in [-0.25, -0.2) is 0 Å². The summed E-state index contributed by atoms with van der Waals surface area (Å²) in [5.41, 5.74) is 2.87. The summed E-state index contributed by atoms with van der Waals surface area (Å²) >= 11 is 18.0. The van der Waals surface area contributed by atoms with Crippen LogP contribution >= 0.6 is 34.8 Å². The number of benzene rings is 3. The topological polar surface area (TPSA) is 32.8 Å². The number of hydrogen-bond acceptors (Lipinski definition) is 3. The molecule has 3 aromatic carbocycles. The molecule has 0 spiro atoms. The maximum atomic E-state index is 12.9. The zero-order chi connectivity index (χ0) is 22.5. The summed E-state index contributed by atoms with van der Waals surface area (Å²) in [5, 5.41) is 1.78. The molecule has 32 heavy (non-hydrogen) atoms. The van der Waals surface area contributed by atoms with E-state index in [0.717, 1.165) is 30.2 Å². The number of ether oxygens (including phenoxy) is 1. The van der Waals surface area contributed by atoms with Gasteiger partial charge in [0.2, 0.25) is 0 Å². The Labute approximate surface area is 203 Å². The Hall–Kier alpha value is -2.24. The molecule has 4 nitrogen and oxygen atoms in total. The number of piperazine rings is 1. The third kappa shape index (κ3) is 5.96. The average Bonchev–Trinajstić information content (AvgIpc) is 2.80. The molecule has 1 saturated heterocycles. The van der Waals surface area contributed by atoms with Gasteiger partial charge in [-0.05, 0) is 53.6 Å². The minimum absolute atomic E-state index is 0.0596. The third-order valence-corrected chi connectivity index (χ3v) is 6.25. The highest BCUT2D eigenvalue weighted by atomic mass is 35.5. The van der Waals surface area contributed by atoms with Crippen LogP contribution in [0.15, 0.2) is 66.7 Å². The summed E-state index contributed by atoms with van der Waals surface area (Å²) < 4.78 is 5.76. The molecule has 0 aromatic heterocycles. The standard InChI is InChI=1S/C25H23Cl3N2O2/c26-21-7-3-18(4-8-21)16-29-11-13-30(14-12-29)25(31)20-5-1-19(2-6-20)17-32-24-10-9-22(27)15-23(24)28/h1-10,15H,11-14,16-17H2. The predicted octanol–water partition coefficient (Wildman–Crippen LogP) is 6.18. The zero-order valence-electron chi connectivity index (χ0n) is 17.4. The molecule has 1 aliphatic heterocycles. The second kappa shape index (κ2) is 10.6. The summed E-state index contributed by atoms with van der Waals surface area (Å²) in [6.45, 7) is 4.35. The van der Waals surface area contributed by atoms with E-state index < -0.39 is 0 Å². The van der Waals surface area contributed by atoms with Gasteiger partial charge >= 0.3 is 0 Å². The Morgan fingerprint density at radius 1 is 0.781 bits per heavy atom. The summed E-state index contributed by atoms with van der Waals surface area (Å²) in [4.78, 5) is 17.2. The highest BCUT2D eigenvalue weighted by Crippen LogP contribution is 2.28. The van der Waals surface area contributed by atoms with Crippen molar-refractivity contribution in [1.82, 2.24) is 9.80 Å². The minimum atomic E-state index is 0.0596. The number of carbonyl (C=O) groups excluding carboxylic acids is 1. The van der Waals surface area contributed by atoms with Gasteiger partial charge in [0.15, 0.2) is 0 Å². The summed E-state index contributed by atoms with van der Waals surface area (Å²) in [6, 6.07) is 20.6. The van der Waals surface area contributed by atoms with Crippen LogP contribution in [-0.4, -0.2) is 41.9 Å². The van der Waals surface area contributed by atoms with Crippen LogP contribution < -0.4 is 4.74 Å². The Morgan fingerprint density at radius 3 is 2.06 bits per heavy atom. The van der Waals surface area contributed by atoms with E-state index in [1.165, 1.54) is 5.56 Å². The van der Waals surface area contributed by atoms with Crippen LogP contribution in [0.2, 0.25) is 15.1 Å². The van der Waals surface area contributed by atoms with Gasteiger partial charge in [-0.2, -0.15) is 0 Å². The molecule has 0 unspecified atom stereocenters. The second-order valence-corrected chi connectivity index (χ2v) is 9.04. The maximum absolute atomic E-state index is 12.9. The first kappa shape index (κ1) is 22.9. The van der Waals surface area contributed by atoms with Crippen LogP contribution in [0.25, 0.3) is 0 Å². The van der Waals surface area contributed by atoms with Crippen molar-refractivity contribution in [3.63, 3.8) is 0 Å². The van der Waals surface area contributed by atoms with Crippen LogP contribution in [0.5, 0.6) is 5.75 Å². The smallest absolute Gasteiger partial charge is 0.253 e. The van der Waals surface area contributed by atoms with Gasteiger partial charge in [0.05, 0.1) is 5.02 Å². The van der Waals surface area contributed by atoms with E-state index in [2.05, 4.69) is 4.90 Å². The SMILES string of the molecule is O=C(c1ccc(COc2ccc(Cl)cc2Cl)cc1)N1CCN(Cc2ccc(Cl)cc2)CC1. The number of halogens is 3. The quantitative estimate of drug-likeness (QED) is 0.414.